The summed E-state index contributed by atoms with van der Waals surface area (Å²) < 4.78 is 11.3. The van der Waals surface area contributed by atoms with Crippen molar-refractivity contribution in [3.8, 4) is 0 Å². The molecule has 0 radical (unpaired) electrons. The molecule has 1 heterocycles. The normalized spacial score (nSPS) is 19.6. The maximum Gasteiger partial charge on any atom is 0.220 e. The maximum absolute atomic E-state index is 13.1. The summed E-state index contributed by atoms with van der Waals surface area (Å²) >= 11 is 0. The molecule has 70 heavy (non-hydrogen) atoms. The van der Waals surface area contributed by atoms with Crippen LogP contribution in [0.3, 0.4) is 0 Å². The lowest BCUT2D eigenvalue weighted by Crippen LogP contribution is -2.60. The molecule has 412 valence electrons. The summed E-state index contributed by atoms with van der Waals surface area (Å²) in [6, 6.07) is -0.721. The van der Waals surface area contributed by atoms with Gasteiger partial charge in [0.15, 0.2) is 6.29 Å². The van der Waals surface area contributed by atoms with Gasteiger partial charge in [0.25, 0.3) is 0 Å². The van der Waals surface area contributed by atoms with Crippen molar-refractivity contribution < 1.29 is 39.8 Å². The molecule has 0 saturated carbocycles. The van der Waals surface area contributed by atoms with Gasteiger partial charge >= 0.3 is 0 Å². The van der Waals surface area contributed by atoms with E-state index < -0.39 is 49.5 Å². The van der Waals surface area contributed by atoms with Crippen LogP contribution in [0.5, 0.6) is 0 Å². The van der Waals surface area contributed by atoms with Crippen molar-refractivity contribution in [1.29, 1.82) is 0 Å². The molecule has 1 fully saturated rings. The molecule has 1 aliphatic heterocycles. The number of unbranched alkanes of at least 4 members (excludes halogenated alkanes) is 36. The Balaban J connectivity index is 2.18. The van der Waals surface area contributed by atoms with Crippen molar-refractivity contribution >= 4 is 5.91 Å². The second kappa shape index (κ2) is 50.9. The van der Waals surface area contributed by atoms with Crippen LogP contribution in [0.2, 0.25) is 0 Å². The van der Waals surface area contributed by atoms with Crippen LogP contribution in [0.1, 0.15) is 290 Å². The first-order valence-electron chi connectivity index (χ1n) is 30.2. The van der Waals surface area contributed by atoms with Crippen LogP contribution in [0.25, 0.3) is 0 Å². The average molecular weight is 991 g/mol. The van der Waals surface area contributed by atoms with Crippen molar-refractivity contribution in [3.63, 3.8) is 0 Å². The Hall–Kier alpha value is -1.59. The van der Waals surface area contributed by atoms with Gasteiger partial charge in [0.05, 0.1) is 25.4 Å². The Morgan fingerprint density at radius 2 is 0.843 bits per heavy atom. The Labute approximate surface area is 431 Å². The topological polar surface area (TPSA) is 149 Å². The number of carbonyl (C=O) groups is 1. The zero-order valence-electron chi connectivity index (χ0n) is 45.8. The van der Waals surface area contributed by atoms with E-state index in [1.165, 1.54) is 212 Å². The van der Waals surface area contributed by atoms with Gasteiger partial charge in [0, 0.05) is 6.42 Å². The van der Waals surface area contributed by atoms with Gasteiger partial charge in [-0.05, 0) is 51.4 Å². The molecule has 9 nitrogen and oxygen atoms in total. The predicted octanol–water partition coefficient (Wildman–Crippen LogP) is 15.1. The number of ether oxygens (including phenoxy) is 2. The van der Waals surface area contributed by atoms with Crippen molar-refractivity contribution in [2.24, 2.45) is 0 Å². The minimum Gasteiger partial charge on any atom is -0.394 e. The number of nitrogens with one attached hydrogen (secondary N) is 1. The molecule has 7 unspecified atom stereocenters. The monoisotopic (exact) mass is 990 g/mol. The van der Waals surface area contributed by atoms with Crippen LogP contribution in [-0.4, -0.2) is 87.5 Å². The number of allylic oxidation sites excluding steroid dienone is 6. The molecule has 0 aromatic rings. The van der Waals surface area contributed by atoms with E-state index >= 15 is 0 Å². The summed E-state index contributed by atoms with van der Waals surface area (Å²) in [6.45, 7) is 3.86. The lowest BCUT2D eigenvalue weighted by molar-refractivity contribution is -0.302. The highest BCUT2D eigenvalue weighted by Crippen LogP contribution is 2.23. The molecule has 1 amide bonds. The fraction of sp³-hybridized carbons (Fsp3) is 0.885. The molecule has 0 aromatic heterocycles. The van der Waals surface area contributed by atoms with Crippen LogP contribution in [0.15, 0.2) is 36.5 Å². The smallest absolute Gasteiger partial charge is 0.220 e. The minimum absolute atomic E-state index is 0.137. The highest BCUT2D eigenvalue weighted by atomic mass is 16.7. The fourth-order valence-corrected chi connectivity index (χ4v) is 9.70. The number of aliphatic hydroxyl groups is 5. The van der Waals surface area contributed by atoms with Crippen LogP contribution in [0.4, 0.5) is 0 Å². The molecular formula is C61H115NO8. The van der Waals surface area contributed by atoms with Crippen LogP contribution in [0, 0.1) is 0 Å². The molecule has 0 bridgehead atoms. The largest absolute Gasteiger partial charge is 0.394 e. The van der Waals surface area contributed by atoms with Gasteiger partial charge < -0.3 is 40.3 Å². The number of rotatable bonds is 52. The molecule has 1 rings (SSSR count). The summed E-state index contributed by atoms with van der Waals surface area (Å²) in [5.74, 6) is -0.143. The van der Waals surface area contributed by atoms with E-state index in [2.05, 4.69) is 55.6 Å². The molecule has 1 aliphatic rings. The Morgan fingerprint density at radius 3 is 1.24 bits per heavy atom. The fourth-order valence-electron chi connectivity index (χ4n) is 9.70. The van der Waals surface area contributed by atoms with Crippen molar-refractivity contribution in [1.82, 2.24) is 5.32 Å². The second-order valence-electron chi connectivity index (χ2n) is 21.1. The zero-order valence-corrected chi connectivity index (χ0v) is 45.8. The van der Waals surface area contributed by atoms with E-state index in [4.69, 9.17) is 9.47 Å². The van der Waals surface area contributed by atoms with Crippen molar-refractivity contribution in [2.75, 3.05) is 13.2 Å². The molecule has 0 aliphatic carbocycles. The van der Waals surface area contributed by atoms with Crippen LogP contribution in [-0.2, 0) is 14.3 Å². The first-order valence-corrected chi connectivity index (χ1v) is 30.2. The van der Waals surface area contributed by atoms with E-state index in [1.54, 1.807) is 0 Å². The molecule has 7 atom stereocenters. The van der Waals surface area contributed by atoms with E-state index in [-0.39, 0.29) is 12.5 Å². The first kappa shape index (κ1) is 66.4. The van der Waals surface area contributed by atoms with Gasteiger partial charge in [-0.25, -0.2) is 0 Å². The van der Waals surface area contributed by atoms with Gasteiger partial charge in [-0.1, -0.05) is 269 Å². The van der Waals surface area contributed by atoms with E-state index in [0.717, 1.165) is 51.4 Å². The average Bonchev–Trinajstić information content (AvgIpc) is 3.36. The highest BCUT2D eigenvalue weighted by molar-refractivity contribution is 5.76. The SMILES string of the molecule is CCCCCCC/C=C\C/C=C\C/C=C\CCCCCCCCCCCCCCC(=O)NC(COC1OC(CO)C(O)C(O)C1O)C(O)CCCCCCCCCCCCCCCCCCCCCC. The number of hydrogen-bond donors (Lipinski definition) is 6. The third-order valence-corrected chi connectivity index (χ3v) is 14.5. The quantitative estimate of drug-likeness (QED) is 0.0261. The van der Waals surface area contributed by atoms with Gasteiger partial charge in [-0.15, -0.1) is 0 Å². The second-order valence-corrected chi connectivity index (χ2v) is 21.1. The molecule has 9 heteroatoms. The number of amides is 1. The van der Waals surface area contributed by atoms with E-state index in [1.807, 2.05) is 0 Å². The lowest BCUT2D eigenvalue weighted by atomic mass is 9.99. The first-order chi connectivity index (χ1) is 34.3. The number of carbonyl (C=O) groups excluding carboxylic acids is 1. The van der Waals surface area contributed by atoms with Gasteiger partial charge in [0.2, 0.25) is 5.91 Å². The summed E-state index contributed by atoms with van der Waals surface area (Å²) in [5, 5.41) is 54.7. The van der Waals surface area contributed by atoms with Gasteiger partial charge in [-0.2, -0.15) is 0 Å². The molecule has 1 saturated heterocycles. The van der Waals surface area contributed by atoms with Crippen molar-refractivity contribution in [2.45, 2.75) is 333 Å². The Morgan fingerprint density at radius 1 is 0.486 bits per heavy atom. The molecule has 6 N–H and O–H groups in total. The van der Waals surface area contributed by atoms with Gasteiger partial charge in [-0.3, -0.25) is 4.79 Å². The van der Waals surface area contributed by atoms with E-state index in [9.17, 15) is 30.3 Å². The van der Waals surface area contributed by atoms with E-state index in [0.29, 0.717) is 12.8 Å². The predicted molar refractivity (Wildman–Crippen MR) is 295 cm³/mol. The third kappa shape index (κ3) is 39.9. The molecule has 0 spiro atoms. The zero-order chi connectivity index (χ0) is 50.8. The summed E-state index contributed by atoms with van der Waals surface area (Å²) in [5.41, 5.74) is 0. The molecule has 0 aromatic carbocycles. The van der Waals surface area contributed by atoms with Crippen LogP contribution >= 0.6 is 0 Å². The summed E-state index contributed by atoms with van der Waals surface area (Å²) in [7, 11) is 0. The molecular weight excluding hydrogens is 875 g/mol. The minimum atomic E-state index is -1.55. The maximum atomic E-state index is 13.1. The van der Waals surface area contributed by atoms with Crippen molar-refractivity contribution in [3.05, 3.63) is 36.5 Å². The summed E-state index contributed by atoms with van der Waals surface area (Å²) in [4.78, 5) is 13.1. The Bertz CT molecular complexity index is 1190. The lowest BCUT2D eigenvalue weighted by Gasteiger charge is -2.40. The summed E-state index contributed by atoms with van der Waals surface area (Å²) in [6.07, 6.45) is 58.8. The highest BCUT2D eigenvalue weighted by Gasteiger charge is 2.44. The number of hydrogen-bond acceptors (Lipinski definition) is 8. The Kier molecular flexibility index (Phi) is 48.3. The third-order valence-electron chi connectivity index (χ3n) is 14.5. The number of aliphatic hydroxyl groups excluding tert-OH is 5. The van der Waals surface area contributed by atoms with Gasteiger partial charge in [0.1, 0.15) is 24.4 Å². The van der Waals surface area contributed by atoms with Crippen LogP contribution < -0.4 is 5.32 Å². The standard InChI is InChI=1S/C61H115NO8/c1-3-5-7-9-11-13-15-17-19-21-23-25-26-27-28-29-30-31-33-35-37-39-41-43-45-47-49-51-57(65)62-54(53-69-61-60(68)59(67)58(66)56(52-63)70-61)55(64)50-48-46-44-42-40-38-36-34-32-24-22-20-18-16-14-12-10-8-6-4-2/h15,17,21,23,26-27,54-56,58-61,63-64,66-68H,3-14,16,18-20,22,24-25,28-53H2,1-2H3,(H,62,65)/b17-15-,23-21-,27-26-.